The van der Waals surface area contributed by atoms with E-state index < -0.39 is 0 Å². The highest BCUT2D eigenvalue weighted by atomic mass is 16.3. The van der Waals surface area contributed by atoms with E-state index in [4.69, 9.17) is 0 Å². The minimum absolute atomic E-state index is 0.0260. The Balaban J connectivity index is 1.47. The highest BCUT2D eigenvalue weighted by Crippen LogP contribution is 2.39. The van der Waals surface area contributed by atoms with E-state index >= 15 is 0 Å². The first-order valence-electron chi connectivity index (χ1n) is 12.1. The molecule has 1 heterocycles. The third kappa shape index (κ3) is 5.38. The van der Waals surface area contributed by atoms with Gasteiger partial charge >= 0.3 is 6.03 Å². The highest BCUT2D eigenvalue weighted by Gasteiger charge is 2.42. The fourth-order valence-electron chi connectivity index (χ4n) is 5.74. The van der Waals surface area contributed by atoms with Crippen LogP contribution in [0.4, 0.5) is 10.5 Å². The maximum Gasteiger partial charge on any atom is 0.321 e. The predicted octanol–water partition coefficient (Wildman–Crippen LogP) is 4.37. The summed E-state index contributed by atoms with van der Waals surface area (Å²) < 4.78 is 0. The van der Waals surface area contributed by atoms with E-state index in [0.717, 1.165) is 30.4 Å². The predicted molar refractivity (Wildman–Crippen MR) is 131 cm³/mol. The second kappa shape index (κ2) is 10.4. The first-order chi connectivity index (χ1) is 16.0. The Hall–Kier alpha value is -2.86. The Morgan fingerprint density at radius 2 is 1.79 bits per heavy atom. The molecule has 1 saturated heterocycles. The number of piperidine rings is 1. The summed E-state index contributed by atoms with van der Waals surface area (Å²) in [6, 6.07) is 17.5. The van der Waals surface area contributed by atoms with Crippen LogP contribution in [0, 0.1) is 23.7 Å². The number of amides is 3. The van der Waals surface area contributed by atoms with Crippen molar-refractivity contribution in [3.8, 4) is 11.1 Å². The number of para-hydroxylation sites is 1. The number of urea groups is 1. The van der Waals surface area contributed by atoms with Crippen LogP contribution in [0.3, 0.4) is 0 Å². The quantitative estimate of drug-likeness (QED) is 0.613. The number of fused-ring (bicyclic) bond motifs is 1. The molecule has 2 aliphatic rings. The monoisotopic (exact) mass is 449 g/mol. The van der Waals surface area contributed by atoms with E-state index in [1.807, 2.05) is 54.6 Å². The minimum Gasteiger partial charge on any atom is -0.395 e. The molecule has 6 heteroatoms. The van der Waals surface area contributed by atoms with Gasteiger partial charge in [-0.2, -0.15) is 0 Å². The number of nitrogens with one attached hydrogen (secondary N) is 2. The second-order valence-electron chi connectivity index (χ2n) is 9.79. The molecule has 3 N–H and O–H groups in total. The van der Waals surface area contributed by atoms with Crippen molar-refractivity contribution in [2.24, 2.45) is 23.7 Å². The Bertz CT molecular complexity index is 964. The lowest BCUT2D eigenvalue weighted by Gasteiger charge is -2.45. The summed E-state index contributed by atoms with van der Waals surface area (Å²) in [6.07, 6.45) is 3.05. The van der Waals surface area contributed by atoms with Crippen LogP contribution in [0.5, 0.6) is 0 Å². The number of anilines is 1. The third-order valence-corrected chi connectivity index (χ3v) is 7.22. The number of hydrogen-bond acceptors (Lipinski definition) is 3. The van der Waals surface area contributed by atoms with Crippen LogP contribution in [0.1, 0.15) is 33.1 Å². The SMILES string of the molecule is CC1CC(C)C2NC(=O)C(CN(CCO)C(=O)Nc3ccccc3-c3ccccc3)CC2C1. The van der Waals surface area contributed by atoms with Gasteiger partial charge in [-0.05, 0) is 48.6 Å². The molecule has 5 unspecified atom stereocenters. The first-order valence-corrected chi connectivity index (χ1v) is 12.1. The summed E-state index contributed by atoms with van der Waals surface area (Å²) in [5.41, 5.74) is 2.65. The lowest BCUT2D eigenvalue weighted by atomic mass is 9.68. The number of nitrogens with zero attached hydrogens (tertiary/aromatic N) is 1. The van der Waals surface area contributed by atoms with Gasteiger partial charge in [0.05, 0.1) is 18.2 Å². The molecule has 6 nitrogen and oxygen atoms in total. The number of benzene rings is 2. The average Bonchev–Trinajstić information content (AvgIpc) is 2.80. The molecular formula is C27H35N3O3. The molecular weight excluding hydrogens is 414 g/mol. The number of aliphatic hydroxyl groups excluding tert-OH is 1. The molecule has 1 saturated carbocycles. The van der Waals surface area contributed by atoms with Gasteiger partial charge in [0.25, 0.3) is 0 Å². The molecule has 3 amide bonds. The zero-order valence-electron chi connectivity index (χ0n) is 19.5. The van der Waals surface area contributed by atoms with Crippen molar-refractivity contribution in [2.45, 2.75) is 39.2 Å². The van der Waals surface area contributed by atoms with Gasteiger partial charge < -0.3 is 20.6 Å². The molecule has 0 spiro atoms. The molecule has 4 rings (SSSR count). The molecule has 2 aromatic carbocycles. The lowest BCUT2D eigenvalue weighted by molar-refractivity contribution is -0.131. The number of aliphatic hydroxyl groups is 1. The van der Waals surface area contributed by atoms with Gasteiger partial charge in [-0.15, -0.1) is 0 Å². The molecule has 0 aromatic heterocycles. The fourth-order valence-corrected chi connectivity index (χ4v) is 5.74. The van der Waals surface area contributed by atoms with Gasteiger partial charge in [0.1, 0.15) is 0 Å². The number of carbonyl (C=O) groups excluding carboxylic acids is 2. The van der Waals surface area contributed by atoms with E-state index in [-0.39, 0.29) is 37.0 Å². The van der Waals surface area contributed by atoms with Gasteiger partial charge in [-0.1, -0.05) is 62.4 Å². The number of carbonyl (C=O) groups is 2. The smallest absolute Gasteiger partial charge is 0.321 e. The zero-order valence-corrected chi connectivity index (χ0v) is 19.5. The summed E-state index contributed by atoms with van der Waals surface area (Å²) in [5, 5.41) is 15.9. The van der Waals surface area contributed by atoms with Crippen molar-refractivity contribution in [1.82, 2.24) is 10.2 Å². The van der Waals surface area contributed by atoms with Crippen LogP contribution in [-0.4, -0.2) is 47.7 Å². The Kier molecular flexibility index (Phi) is 7.33. The number of hydrogen-bond donors (Lipinski definition) is 3. The summed E-state index contributed by atoms with van der Waals surface area (Å²) in [6.45, 7) is 4.85. The molecule has 2 aromatic rings. The highest BCUT2D eigenvalue weighted by molar-refractivity contribution is 5.94. The first kappa shape index (κ1) is 23.3. The van der Waals surface area contributed by atoms with Crippen molar-refractivity contribution >= 4 is 17.6 Å². The molecule has 5 atom stereocenters. The molecule has 33 heavy (non-hydrogen) atoms. The average molecular weight is 450 g/mol. The molecule has 0 bridgehead atoms. The second-order valence-corrected chi connectivity index (χ2v) is 9.79. The fraction of sp³-hybridized carbons (Fsp3) is 0.481. The van der Waals surface area contributed by atoms with E-state index in [0.29, 0.717) is 30.0 Å². The van der Waals surface area contributed by atoms with Crippen LogP contribution in [0.15, 0.2) is 54.6 Å². The van der Waals surface area contributed by atoms with E-state index in [1.165, 1.54) is 0 Å². The van der Waals surface area contributed by atoms with Crippen LogP contribution in [-0.2, 0) is 4.79 Å². The van der Waals surface area contributed by atoms with Crippen molar-refractivity contribution in [3.63, 3.8) is 0 Å². The standard InChI is InChI=1S/C27H35N3O3/c1-18-14-19(2)25-21(15-18)16-22(26(32)29-25)17-30(12-13-31)27(33)28-24-11-7-6-10-23(24)20-8-4-3-5-9-20/h3-11,18-19,21-22,25,31H,12-17H2,1-2H3,(H,28,33)(H,29,32). The van der Waals surface area contributed by atoms with Crippen LogP contribution < -0.4 is 10.6 Å². The Labute approximate surface area is 196 Å². The minimum atomic E-state index is -0.298. The van der Waals surface area contributed by atoms with Gasteiger partial charge in [0, 0.05) is 24.7 Å². The summed E-state index contributed by atoms with van der Waals surface area (Å²) in [4.78, 5) is 27.7. The third-order valence-electron chi connectivity index (χ3n) is 7.22. The van der Waals surface area contributed by atoms with Crippen LogP contribution in [0.2, 0.25) is 0 Å². The molecule has 2 fully saturated rings. The molecule has 1 aliphatic heterocycles. The van der Waals surface area contributed by atoms with Crippen molar-refractivity contribution in [1.29, 1.82) is 0 Å². The van der Waals surface area contributed by atoms with E-state index in [1.54, 1.807) is 4.90 Å². The van der Waals surface area contributed by atoms with Crippen molar-refractivity contribution in [2.75, 3.05) is 25.0 Å². The van der Waals surface area contributed by atoms with Crippen molar-refractivity contribution < 1.29 is 14.7 Å². The topological polar surface area (TPSA) is 81.7 Å². The molecule has 0 radical (unpaired) electrons. The normalized spacial score (nSPS) is 26.8. The number of rotatable bonds is 6. The summed E-state index contributed by atoms with van der Waals surface area (Å²) in [5.74, 6) is 1.35. The zero-order chi connectivity index (χ0) is 23.4. The van der Waals surface area contributed by atoms with Gasteiger partial charge in [0.15, 0.2) is 0 Å². The van der Waals surface area contributed by atoms with Crippen LogP contribution in [0.25, 0.3) is 11.1 Å². The Morgan fingerprint density at radius 3 is 2.55 bits per heavy atom. The van der Waals surface area contributed by atoms with Gasteiger partial charge in [-0.3, -0.25) is 4.79 Å². The maximum absolute atomic E-state index is 13.2. The molecule has 1 aliphatic carbocycles. The lowest BCUT2D eigenvalue weighted by Crippen LogP contribution is -2.57. The van der Waals surface area contributed by atoms with Crippen LogP contribution >= 0.6 is 0 Å². The van der Waals surface area contributed by atoms with Gasteiger partial charge in [0.2, 0.25) is 5.91 Å². The Morgan fingerprint density at radius 1 is 1.06 bits per heavy atom. The van der Waals surface area contributed by atoms with E-state index in [9.17, 15) is 14.7 Å². The molecule has 176 valence electrons. The maximum atomic E-state index is 13.2. The summed E-state index contributed by atoms with van der Waals surface area (Å²) >= 11 is 0. The van der Waals surface area contributed by atoms with Crippen molar-refractivity contribution in [3.05, 3.63) is 54.6 Å². The van der Waals surface area contributed by atoms with E-state index in [2.05, 4.69) is 24.5 Å². The largest absolute Gasteiger partial charge is 0.395 e. The summed E-state index contributed by atoms with van der Waals surface area (Å²) in [7, 11) is 0. The van der Waals surface area contributed by atoms with Gasteiger partial charge in [-0.25, -0.2) is 4.79 Å².